The van der Waals surface area contributed by atoms with E-state index in [1.807, 2.05) is 45.0 Å². The lowest BCUT2D eigenvalue weighted by atomic mass is 9.63. The Morgan fingerprint density at radius 2 is 1.65 bits per heavy atom. The molecule has 37 heavy (non-hydrogen) atoms. The number of nitrogens with zero attached hydrogens (tertiary/aromatic N) is 1. The average molecular weight is 522 g/mol. The maximum absolute atomic E-state index is 13.4. The number of ether oxygens (including phenoxy) is 2. The number of alkyl halides is 3. The minimum Gasteiger partial charge on any atom is -0.406 e. The first-order valence-electron chi connectivity index (χ1n) is 12.2. The largest absolute Gasteiger partial charge is 0.573 e. The van der Waals surface area contributed by atoms with Crippen LogP contribution >= 0.6 is 0 Å². The predicted octanol–water partition coefficient (Wildman–Crippen LogP) is 4.25. The number of benzene rings is 2. The molecule has 3 N–H and O–H groups in total. The highest BCUT2D eigenvalue weighted by atomic mass is 19.4. The molecule has 2 atom stereocenters. The van der Waals surface area contributed by atoms with Gasteiger partial charge in [0.05, 0.1) is 18.6 Å². The lowest BCUT2D eigenvalue weighted by Gasteiger charge is -2.42. The fourth-order valence-corrected chi connectivity index (χ4v) is 4.85. The molecule has 0 aliphatic carbocycles. The van der Waals surface area contributed by atoms with Crippen LogP contribution in [0.25, 0.3) is 0 Å². The van der Waals surface area contributed by atoms with Gasteiger partial charge in [-0.1, -0.05) is 43.7 Å². The number of aryl methyl sites for hydroxylation is 1. The summed E-state index contributed by atoms with van der Waals surface area (Å²) in [5, 5.41) is 3.22. The number of rotatable bonds is 10. The second-order valence-electron chi connectivity index (χ2n) is 9.68. The van der Waals surface area contributed by atoms with Crippen LogP contribution < -0.4 is 15.8 Å². The molecule has 0 aromatic heterocycles. The fraction of sp³-hybridized carbons (Fsp3) is 0.481. The molecule has 10 heteroatoms. The van der Waals surface area contributed by atoms with E-state index in [9.17, 15) is 22.8 Å². The van der Waals surface area contributed by atoms with Crippen molar-refractivity contribution in [2.24, 2.45) is 17.6 Å². The van der Waals surface area contributed by atoms with Crippen LogP contribution in [0.1, 0.15) is 31.4 Å². The van der Waals surface area contributed by atoms with Crippen molar-refractivity contribution in [1.29, 1.82) is 0 Å². The first kappa shape index (κ1) is 28.3. The van der Waals surface area contributed by atoms with Crippen molar-refractivity contribution in [1.82, 2.24) is 4.90 Å². The van der Waals surface area contributed by atoms with Crippen LogP contribution in [0.5, 0.6) is 5.75 Å². The Balaban J connectivity index is 1.93. The zero-order valence-electron chi connectivity index (χ0n) is 21.3. The fourth-order valence-electron chi connectivity index (χ4n) is 4.85. The summed E-state index contributed by atoms with van der Waals surface area (Å²) in [6, 6.07) is 12.8. The summed E-state index contributed by atoms with van der Waals surface area (Å²) in [5.41, 5.74) is 7.00. The van der Waals surface area contributed by atoms with Crippen LogP contribution in [0.15, 0.2) is 48.5 Å². The predicted molar refractivity (Wildman–Crippen MR) is 134 cm³/mol. The number of anilines is 1. The Hall–Kier alpha value is -3.27. The van der Waals surface area contributed by atoms with E-state index in [0.717, 1.165) is 5.56 Å². The summed E-state index contributed by atoms with van der Waals surface area (Å²) in [7, 11) is 0. The molecule has 1 fully saturated rings. The molecule has 2 aromatic carbocycles. The number of morpholine rings is 1. The third-order valence-corrected chi connectivity index (χ3v) is 6.85. The lowest BCUT2D eigenvalue weighted by molar-refractivity contribution is -0.274. The van der Waals surface area contributed by atoms with E-state index in [2.05, 4.69) is 10.1 Å². The summed E-state index contributed by atoms with van der Waals surface area (Å²) in [5.74, 6) is -1.61. The van der Waals surface area contributed by atoms with Crippen molar-refractivity contribution in [3.63, 3.8) is 0 Å². The van der Waals surface area contributed by atoms with E-state index in [-0.39, 0.29) is 30.5 Å². The number of carbonyl (C=O) groups is 2. The second kappa shape index (κ2) is 11.9. The molecule has 0 bridgehead atoms. The number of halogens is 3. The van der Waals surface area contributed by atoms with E-state index >= 15 is 0 Å². The molecule has 2 aromatic rings. The molecule has 3 rings (SSSR count). The number of primary amides is 1. The summed E-state index contributed by atoms with van der Waals surface area (Å²) < 4.78 is 46.8. The number of carbonyl (C=O) groups excluding carboxylic acids is 2. The summed E-state index contributed by atoms with van der Waals surface area (Å²) in [6.45, 7) is 7.85. The number of nitrogens with one attached hydrogen (secondary N) is 1. The van der Waals surface area contributed by atoms with E-state index < -0.39 is 23.6 Å². The highest BCUT2D eigenvalue weighted by Crippen LogP contribution is 2.41. The van der Waals surface area contributed by atoms with Gasteiger partial charge in [0.1, 0.15) is 5.75 Å². The number of hydrogen-bond acceptors (Lipinski definition) is 5. The molecule has 0 radical (unpaired) electrons. The van der Waals surface area contributed by atoms with Crippen LogP contribution in [0.4, 0.5) is 18.9 Å². The standard InChI is InChI=1S/C27H34F3N3O4/c1-18(2)23(17-32-21-8-10-22(11-9-21)37-27(28,29)30)26(25(31)35,20-6-4-19(3)5-7-20)16-24(34)33-12-14-36-15-13-33/h4-11,18,23,32H,12-17H2,1-3H3,(H2,31,35)/t23-,26+/m0/s1. The Morgan fingerprint density at radius 3 is 2.16 bits per heavy atom. The van der Waals surface area contributed by atoms with Gasteiger partial charge in [0, 0.05) is 31.7 Å². The van der Waals surface area contributed by atoms with E-state index in [4.69, 9.17) is 10.5 Å². The van der Waals surface area contributed by atoms with Gasteiger partial charge in [-0.15, -0.1) is 13.2 Å². The number of hydrogen-bond donors (Lipinski definition) is 2. The molecule has 2 amide bonds. The SMILES string of the molecule is Cc1ccc([C@@](CC(=O)N2CCOCC2)(C(N)=O)[C@@H](CNc2ccc(OC(F)(F)F)cc2)C(C)C)cc1. The molecule has 1 aliphatic rings. The first-order valence-corrected chi connectivity index (χ1v) is 12.2. The topological polar surface area (TPSA) is 93.9 Å². The van der Waals surface area contributed by atoms with E-state index in [0.29, 0.717) is 37.6 Å². The van der Waals surface area contributed by atoms with Crippen LogP contribution in [-0.2, 0) is 19.7 Å². The minimum absolute atomic E-state index is 0.0772. The molecule has 0 saturated carbocycles. The summed E-state index contributed by atoms with van der Waals surface area (Å²) in [6.07, 6.45) is -4.88. The number of nitrogens with two attached hydrogens (primary N) is 1. The minimum atomic E-state index is -4.78. The smallest absolute Gasteiger partial charge is 0.406 e. The zero-order valence-corrected chi connectivity index (χ0v) is 21.3. The lowest BCUT2D eigenvalue weighted by Crippen LogP contribution is -2.55. The molecular weight excluding hydrogens is 487 g/mol. The van der Waals surface area contributed by atoms with Crippen molar-refractivity contribution in [2.75, 3.05) is 38.2 Å². The van der Waals surface area contributed by atoms with Gasteiger partial charge in [0.15, 0.2) is 0 Å². The first-order chi connectivity index (χ1) is 17.4. The van der Waals surface area contributed by atoms with Gasteiger partial charge in [0.2, 0.25) is 11.8 Å². The molecule has 0 spiro atoms. The molecule has 1 aliphatic heterocycles. The number of amides is 2. The van der Waals surface area contributed by atoms with E-state index in [1.165, 1.54) is 24.3 Å². The van der Waals surface area contributed by atoms with Crippen molar-refractivity contribution in [3.05, 3.63) is 59.7 Å². The van der Waals surface area contributed by atoms with Gasteiger partial charge in [0.25, 0.3) is 0 Å². The summed E-state index contributed by atoms with van der Waals surface area (Å²) >= 11 is 0. The van der Waals surface area contributed by atoms with Gasteiger partial charge in [-0.05, 0) is 48.6 Å². The molecule has 1 saturated heterocycles. The maximum Gasteiger partial charge on any atom is 0.573 e. The third kappa shape index (κ3) is 7.15. The van der Waals surface area contributed by atoms with Crippen molar-refractivity contribution in [2.45, 2.75) is 39.0 Å². The quantitative estimate of drug-likeness (QED) is 0.488. The maximum atomic E-state index is 13.4. The normalized spacial score (nSPS) is 16.7. The van der Waals surface area contributed by atoms with Crippen LogP contribution in [0.2, 0.25) is 0 Å². The highest BCUT2D eigenvalue weighted by molar-refractivity contribution is 5.93. The molecule has 1 heterocycles. The average Bonchev–Trinajstić information content (AvgIpc) is 2.84. The Bertz CT molecular complexity index is 1050. The summed E-state index contributed by atoms with van der Waals surface area (Å²) in [4.78, 5) is 28.5. The van der Waals surface area contributed by atoms with Crippen LogP contribution in [0.3, 0.4) is 0 Å². The zero-order chi connectivity index (χ0) is 27.2. The van der Waals surface area contributed by atoms with Gasteiger partial charge in [-0.25, -0.2) is 0 Å². The van der Waals surface area contributed by atoms with Gasteiger partial charge in [-0.3, -0.25) is 9.59 Å². The van der Waals surface area contributed by atoms with E-state index in [1.54, 1.807) is 4.90 Å². The second-order valence-corrected chi connectivity index (χ2v) is 9.68. The van der Waals surface area contributed by atoms with Gasteiger partial charge >= 0.3 is 6.36 Å². The van der Waals surface area contributed by atoms with Crippen molar-refractivity contribution in [3.8, 4) is 5.75 Å². The van der Waals surface area contributed by atoms with Crippen molar-refractivity contribution >= 4 is 17.5 Å². The Labute approximate surface area is 215 Å². The Kier molecular flexibility index (Phi) is 9.07. The van der Waals surface area contributed by atoms with Crippen molar-refractivity contribution < 1.29 is 32.2 Å². The van der Waals surface area contributed by atoms with Crippen LogP contribution in [0, 0.1) is 18.8 Å². The molecule has 202 valence electrons. The Morgan fingerprint density at radius 1 is 1.05 bits per heavy atom. The van der Waals surface area contributed by atoms with Crippen LogP contribution in [-0.4, -0.2) is 55.9 Å². The monoisotopic (exact) mass is 521 g/mol. The van der Waals surface area contributed by atoms with Gasteiger partial charge < -0.3 is 25.4 Å². The third-order valence-electron chi connectivity index (χ3n) is 6.85. The molecular formula is C27H34F3N3O4. The molecule has 7 nitrogen and oxygen atoms in total. The highest BCUT2D eigenvalue weighted by Gasteiger charge is 2.49. The van der Waals surface area contributed by atoms with Gasteiger partial charge in [-0.2, -0.15) is 0 Å². The molecule has 0 unspecified atom stereocenters.